The van der Waals surface area contributed by atoms with Gasteiger partial charge in [-0.3, -0.25) is 4.79 Å². The van der Waals surface area contributed by atoms with Gasteiger partial charge >= 0.3 is 12.0 Å². The van der Waals surface area contributed by atoms with Crippen LogP contribution in [-0.2, 0) is 18.4 Å². The van der Waals surface area contributed by atoms with Crippen molar-refractivity contribution in [2.45, 2.75) is 13.5 Å². The molecule has 0 bridgehead atoms. The first-order chi connectivity index (χ1) is 10.8. The maximum Gasteiger partial charge on any atom is 0.317 e. The molecule has 1 heterocycles. The second kappa shape index (κ2) is 6.87. The minimum Gasteiger partial charge on any atom is -0.481 e. The third-order valence-corrected chi connectivity index (χ3v) is 3.96. The largest absolute Gasteiger partial charge is 0.481 e. The smallest absolute Gasteiger partial charge is 0.317 e. The second-order valence-corrected chi connectivity index (χ2v) is 5.88. The number of hydrogen-bond acceptors (Lipinski definition) is 3. The zero-order valence-corrected chi connectivity index (χ0v) is 14.0. The van der Waals surface area contributed by atoms with Gasteiger partial charge in [0.2, 0.25) is 0 Å². The Hall–Kier alpha value is -2.28. The second-order valence-electron chi connectivity index (χ2n) is 5.47. The summed E-state index contributed by atoms with van der Waals surface area (Å²) >= 11 is 6.16. The number of hydrogen-bond donors (Lipinski definition) is 2. The molecule has 7 nitrogen and oxygen atoms in total. The first kappa shape index (κ1) is 17.1. The Morgan fingerprint density at radius 3 is 2.78 bits per heavy atom. The molecule has 0 aliphatic carbocycles. The van der Waals surface area contributed by atoms with Crippen LogP contribution in [0.1, 0.15) is 12.7 Å². The highest BCUT2D eigenvalue weighted by atomic mass is 35.5. The number of carbonyl (C=O) groups excluding carboxylic acids is 1. The average Bonchev–Trinajstić information content (AvgIpc) is 2.82. The monoisotopic (exact) mass is 338 g/mol. The lowest BCUT2D eigenvalue weighted by molar-refractivity contribution is -0.141. The van der Waals surface area contributed by atoms with Crippen molar-refractivity contribution in [1.29, 1.82) is 0 Å². The minimum absolute atomic E-state index is 0.134. The lowest BCUT2D eigenvalue weighted by atomic mass is 10.2. The summed E-state index contributed by atoms with van der Waals surface area (Å²) in [6.07, 6.45) is 0. The number of amides is 2. The zero-order chi connectivity index (χ0) is 17.1. The van der Waals surface area contributed by atoms with E-state index in [2.05, 4.69) is 10.3 Å². The number of fused-ring (bicyclic) bond motifs is 1. The Balaban J connectivity index is 2.03. The van der Waals surface area contributed by atoms with Crippen LogP contribution in [0.2, 0.25) is 5.02 Å². The van der Waals surface area contributed by atoms with Crippen molar-refractivity contribution in [3.05, 3.63) is 29.0 Å². The molecular weight excluding hydrogens is 320 g/mol. The minimum atomic E-state index is -0.936. The number of carboxylic acids is 1. The molecule has 0 saturated carbocycles. The van der Waals surface area contributed by atoms with Crippen LogP contribution in [0, 0.1) is 5.92 Å². The Bertz CT molecular complexity index is 744. The van der Waals surface area contributed by atoms with Gasteiger partial charge in [0.05, 0.1) is 28.5 Å². The van der Waals surface area contributed by atoms with Crippen LogP contribution in [0.5, 0.6) is 0 Å². The van der Waals surface area contributed by atoms with Gasteiger partial charge in [-0.1, -0.05) is 24.6 Å². The number of aryl methyl sites for hydroxylation is 1. The van der Waals surface area contributed by atoms with Crippen molar-refractivity contribution in [2.24, 2.45) is 13.0 Å². The van der Waals surface area contributed by atoms with Gasteiger partial charge in [0, 0.05) is 20.6 Å². The zero-order valence-electron chi connectivity index (χ0n) is 13.2. The van der Waals surface area contributed by atoms with Gasteiger partial charge in [0.15, 0.2) is 0 Å². The van der Waals surface area contributed by atoms with Gasteiger partial charge in [-0.15, -0.1) is 0 Å². The number of nitrogens with one attached hydrogen (secondary N) is 1. The number of benzene rings is 1. The van der Waals surface area contributed by atoms with E-state index in [0.717, 1.165) is 11.0 Å². The summed E-state index contributed by atoms with van der Waals surface area (Å²) in [4.78, 5) is 28.6. The van der Waals surface area contributed by atoms with Crippen molar-refractivity contribution in [3.63, 3.8) is 0 Å². The summed E-state index contributed by atoms with van der Waals surface area (Å²) < 4.78 is 1.83. The fourth-order valence-corrected chi connectivity index (χ4v) is 2.59. The number of imidazole rings is 1. The lowest BCUT2D eigenvalue weighted by Gasteiger charge is -2.19. The van der Waals surface area contributed by atoms with Gasteiger partial charge < -0.3 is 19.9 Å². The van der Waals surface area contributed by atoms with Crippen molar-refractivity contribution in [3.8, 4) is 0 Å². The third kappa shape index (κ3) is 3.73. The highest BCUT2D eigenvalue weighted by Gasteiger charge is 2.18. The van der Waals surface area contributed by atoms with Crippen molar-refractivity contribution in [1.82, 2.24) is 19.8 Å². The van der Waals surface area contributed by atoms with Gasteiger partial charge in [0.25, 0.3) is 0 Å². The number of aromatic nitrogens is 2. The highest BCUT2D eigenvalue weighted by Crippen LogP contribution is 2.23. The van der Waals surface area contributed by atoms with E-state index in [1.54, 1.807) is 20.0 Å². The number of urea groups is 1. The first-order valence-corrected chi connectivity index (χ1v) is 7.50. The fraction of sp³-hybridized carbons (Fsp3) is 0.400. The van der Waals surface area contributed by atoms with Gasteiger partial charge in [0.1, 0.15) is 5.82 Å². The molecule has 8 heteroatoms. The maximum atomic E-state index is 12.0. The Morgan fingerprint density at radius 1 is 1.48 bits per heavy atom. The van der Waals surface area contributed by atoms with Crippen LogP contribution in [0.15, 0.2) is 18.2 Å². The number of halogens is 1. The molecule has 2 aromatic rings. The van der Waals surface area contributed by atoms with E-state index in [4.69, 9.17) is 16.7 Å². The van der Waals surface area contributed by atoms with E-state index in [1.807, 2.05) is 23.7 Å². The Kier molecular flexibility index (Phi) is 5.10. The lowest BCUT2D eigenvalue weighted by Crippen LogP contribution is -2.40. The number of para-hydroxylation sites is 1. The molecule has 0 fully saturated rings. The number of rotatable bonds is 5. The molecule has 23 heavy (non-hydrogen) atoms. The van der Waals surface area contributed by atoms with Gasteiger partial charge in [-0.2, -0.15) is 0 Å². The maximum absolute atomic E-state index is 12.0. The van der Waals surface area contributed by atoms with Crippen LogP contribution in [0.4, 0.5) is 4.79 Å². The summed E-state index contributed by atoms with van der Waals surface area (Å²) in [6, 6.07) is 5.11. The fourth-order valence-electron chi connectivity index (χ4n) is 2.29. The van der Waals surface area contributed by atoms with E-state index in [-0.39, 0.29) is 19.1 Å². The van der Waals surface area contributed by atoms with E-state index >= 15 is 0 Å². The molecule has 1 unspecified atom stereocenters. The normalized spacial score (nSPS) is 12.2. The molecule has 2 N–H and O–H groups in total. The molecule has 2 rings (SSSR count). The quantitative estimate of drug-likeness (QED) is 0.873. The average molecular weight is 339 g/mol. The number of nitrogens with zero attached hydrogens (tertiary/aromatic N) is 3. The first-order valence-electron chi connectivity index (χ1n) is 7.12. The predicted octanol–water partition coefficient (Wildman–Crippen LogP) is 2.09. The molecule has 1 aromatic carbocycles. The predicted molar refractivity (Wildman–Crippen MR) is 87.4 cm³/mol. The number of aliphatic carboxylic acids is 1. The SMILES string of the molecule is CC(CN(C)C(=O)NCc1nc2cccc(Cl)c2n1C)C(=O)O. The number of carboxylic acid groups (broad SMARTS) is 1. The molecule has 0 spiro atoms. The van der Waals surface area contributed by atoms with Gasteiger partial charge in [-0.25, -0.2) is 9.78 Å². The summed E-state index contributed by atoms with van der Waals surface area (Å²) in [5.74, 6) is -0.893. The van der Waals surface area contributed by atoms with Crippen LogP contribution in [0.25, 0.3) is 11.0 Å². The van der Waals surface area contributed by atoms with Crippen LogP contribution < -0.4 is 5.32 Å². The van der Waals surface area contributed by atoms with E-state index in [0.29, 0.717) is 10.8 Å². The van der Waals surface area contributed by atoms with Crippen molar-refractivity contribution < 1.29 is 14.7 Å². The van der Waals surface area contributed by atoms with Crippen LogP contribution in [-0.4, -0.2) is 45.2 Å². The van der Waals surface area contributed by atoms with E-state index in [1.165, 1.54) is 4.90 Å². The van der Waals surface area contributed by atoms with Crippen molar-refractivity contribution in [2.75, 3.05) is 13.6 Å². The molecule has 2 amide bonds. The summed E-state index contributed by atoms with van der Waals surface area (Å²) in [5.41, 5.74) is 1.57. The van der Waals surface area contributed by atoms with Gasteiger partial charge in [-0.05, 0) is 12.1 Å². The van der Waals surface area contributed by atoms with E-state index < -0.39 is 11.9 Å². The van der Waals surface area contributed by atoms with Crippen LogP contribution >= 0.6 is 11.6 Å². The molecule has 1 aromatic heterocycles. The standard InChI is InChI=1S/C15H19ClN4O3/c1-9(14(21)22)8-19(2)15(23)17-7-12-18-11-6-4-5-10(16)13(11)20(12)3/h4-6,9H,7-8H2,1-3H3,(H,17,23)(H,21,22). The van der Waals surface area contributed by atoms with Crippen molar-refractivity contribution >= 4 is 34.6 Å². The molecule has 0 aliphatic rings. The molecular formula is C15H19ClN4O3. The third-order valence-electron chi connectivity index (χ3n) is 3.65. The topological polar surface area (TPSA) is 87.5 Å². The van der Waals surface area contributed by atoms with Crippen LogP contribution in [0.3, 0.4) is 0 Å². The molecule has 0 aliphatic heterocycles. The summed E-state index contributed by atoms with van der Waals surface area (Å²) in [5, 5.41) is 12.2. The molecule has 124 valence electrons. The highest BCUT2D eigenvalue weighted by molar-refractivity contribution is 6.35. The molecule has 0 radical (unpaired) electrons. The summed E-state index contributed by atoms with van der Waals surface area (Å²) in [7, 11) is 3.39. The molecule has 1 atom stereocenters. The summed E-state index contributed by atoms with van der Waals surface area (Å²) in [6.45, 7) is 1.92. The number of carbonyl (C=O) groups is 2. The van der Waals surface area contributed by atoms with E-state index in [9.17, 15) is 9.59 Å². The molecule has 0 saturated heterocycles. The Morgan fingerprint density at radius 2 is 2.17 bits per heavy atom. The Labute approximate surface area is 138 Å².